The molecular formula is C36H57N3O2. The topological polar surface area (TPSA) is 65.7 Å². The van der Waals surface area contributed by atoms with Crippen LogP contribution in [0.4, 0.5) is 4.79 Å². The Morgan fingerprint density at radius 3 is 2.32 bits per heavy atom. The molecule has 0 heterocycles. The summed E-state index contributed by atoms with van der Waals surface area (Å²) in [4.78, 5) is 19.4. The van der Waals surface area contributed by atoms with Crippen LogP contribution in [-0.4, -0.2) is 42.4 Å². The lowest BCUT2D eigenvalue weighted by molar-refractivity contribution is 0.0230. The van der Waals surface area contributed by atoms with Gasteiger partial charge in [0, 0.05) is 37.3 Å². The standard InChI is InChI=1S/C36H57N3O2/c1-24(2)23-39(35(40)41-36(8,9)10)18-17-26(5)19-32(25(3)4)34(28(7)38-11)33(30-15-16-30)20-27(6)31-14-12-13-29(21-31)22-37/h20,24,27,29-31H,3,5,12-19,21,23H2,1-2,4,6-11H3/b33-20-,34-32+,38-28-/t27?,29-,31+/m1/s1. The van der Waals surface area contributed by atoms with E-state index in [2.05, 4.69) is 64.9 Å². The van der Waals surface area contributed by atoms with Crippen molar-refractivity contribution in [1.29, 1.82) is 5.26 Å². The zero-order valence-corrected chi connectivity index (χ0v) is 27.6. The molecule has 1 amide bonds. The minimum absolute atomic E-state index is 0.188. The lowest BCUT2D eigenvalue weighted by Gasteiger charge is -2.30. The molecule has 0 bridgehead atoms. The Hall–Kier alpha value is -2.61. The summed E-state index contributed by atoms with van der Waals surface area (Å²) in [6.45, 7) is 26.6. The first kappa shape index (κ1) is 34.6. The second kappa shape index (κ2) is 15.6. The maximum atomic E-state index is 12.9. The van der Waals surface area contributed by atoms with Crippen LogP contribution in [0.1, 0.15) is 107 Å². The number of ether oxygens (including phenoxy) is 1. The van der Waals surface area contributed by atoms with Crippen LogP contribution in [-0.2, 0) is 4.74 Å². The molecule has 0 spiro atoms. The third-order valence-electron chi connectivity index (χ3n) is 8.30. The van der Waals surface area contributed by atoms with Crippen molar-refractivity contribution in [3.63, 3.8) is 0 Å². The molecule has 0 aromatic heterocycles. The van der Waals surface area contributed by atoms with Gasteiger partial charge < -0.3 is 9.64 Å². The number of hydrogen-bond acceptors (Lipinski definition) is 4. The van der Waals surface area contributed by atoms with Gasteiger partial charge >= 0.3 is 6.09 Å². The summed E-state index contributed by atoms with van der Waals surface area (Å²) in [6.07, 6.45) is 10.4. The monoisotopic (exact) mass is 563 g/mol. The smallest absolute Gasteiger partial charge is 0.410 e. The van der Waals surface area contributed by atoms with Crippen LogP contribution in [0.2, 0.25) is 0 Å². The van der Waals surface area contributed by atoms with Crippen molar-refractivity contribution in [1.82, 2.24) is 4.90 Å². The van der Waals surface area contributed by atoms with Gasteiger partial charge in [-0.3, -0.25) is 4.99 Å². The fourth-order valence-corrected chi connectivity index (χ4v) is 5.88. The Morgan fingerprint density at radius 1 is 1.15 bits per heavy atom. The molecule has 2 rings (SSSR count). The highest BCUT2D eigenvalue weighted by atomic mass is 16.6. The van der Waals surface area contributed by atoms with Crippen LogP contribution >= 0.6 is 0 Å². The average Bonchev–Trinajstić information content (AvgIpc) is 3.73. The molecule has 1 unspecified atom stereocenters. The molecular weight excluding hydrogens is 506 g/mol. The third-order valence-corrected chi connectivity index (χ3v) is 8.30. The van der Waals surface area contributed by atoms with Crippen molar-refractivity contribution >= 4 is 11.8 Å². The predicted molar refractivity (Wildman–Crippen MR) is 173 cm³/mol. The fourth-order valence-electron chi connectivity index (χ4n) is 5.88. The lowest BCUT2D eigenvalue weighted by atomic mass is 9.74. The molecule has 41 heavy (non-hydrogen) atoms. The molecule has 2 saturated carbocycles. The second-order valence-electron chi connectivity index (χ2n) is 13.9. The van der Waals surface area contributed by atoms with Gasteiger partial charge in [0.15, 0.2) is 0 Å². The summed E-state index contributed by atoms with van der Waals surface area (Å²) in [7, 11) is 1.87. The molecule has 0 aromatic rings. The number of rotatable bonds is 13. The van der Waals surface area contributed by atoms with E-state index in [-0.39, 0.29) is 12.0 Å². The number of carbonyl (C=O) groups is 1. The summed E-state index contributed by atoms with van der Waals surface area (Å²) < 4.78 is 5.69. The third kappa shape index (κ3) is 11.3. The average molecular weight is 564 g/mol. The van der Waals surface area contributed by atoms with Crippen LogP contribution in [0.5, 0.6) is 0 Å². The Labute approximate surface area is 251 Å². The molecule has 0 radical (unpaired) electrons. The van der Waals surface area contributed by atoms with E-state index in [4.69, 9.17) is 4.74 Å². The number of carbonyl (C=O) groups excluding carboxylic acids is 1. The van der Waals surface area contributed by atoms with Gasteiger partial charge in [-0.1, -0.05) is 57.6 Å². The summed E-state index contributed by atoms with van der Waals surface area (Å²) in [5, 5.41) is 9.55. The number of amides is 1. The highest BCUT2D eigenvalue weighted by molar-refractivity contribution is 6.03. The number of aliphatic imine (C=N–C) groups is 1. The van der Waals surface area contributed by atoms with Crippen LogP contribution in [0.3, 0.4) is 0 Å². The van der Waals surface area contributed by atoms with Crippen molar-refractivity contribution < 1.29 is 9.53 Å². The molecule has 0 aromatic carbocycles. The normalized spacial score (nSPS) is 21.6. The quantitative estimate of drug-likeness (QED) is 0.127. The second-order valence-corrected chi connectivity index (χ2v) is 13.9. The highest BCUT2D eigenvalue weighted by Crippen LogP contribution is 2.45. The van der Waals surface area contributed by atoms with Crippen molar-refractivity contribution in [2.45, 2.75) is 112 Å². The van der Waals surface area contributed by atoms with Crippen molar-refractivity contribution in [2.24, 2.45) is 34.6 Å². The minimum Gasteiger partial charge on any atom is -0.444 e. The van der Waals surface area contributed by atoms with Crippen LogP contribution in [0.15, 0.2) is 52.1 Å². The molecule has 5 heteroatoms. The largest absolute Gasteiger partial charge is 0.444 e. The molecule has 2 aliphatic carbocycles. The molecule has 0 aliphatic heterocycles. The van der Waals surface area contributed by atoms with Gasteiger partial charge in [0.1, 0.15) is 5.60 Å². The Kier molecular flexibility index (Phi) is 13.1. The van der Waals surface area contributed by atoms with E-state index in [1.165, 1.54) is 36.0 Å². The molecule has 3 atom stereocenters. The van der Waals surface area contributed by atoms with Gasteiger partial charge in [0.2, 0.25) is 0 Å². The van der Waals surface area contributed by atoms with Gasteiger partial charge in [0.05, 0.1) is 6.07 Å². The van der Waals surface area contributed by atoms with Gasteiger partial charge in [-0.15, -0.1) is 0 Å². The zero-order chi connectivity index (χ0) is 30.9. The predicted octanol–water partition coefficient (Wildman–Crippen LogP) is 9.48. The number of nitriles is 1. The molecule has 5 nitrogen and oxygen atoms in total. The van der Waals surface area contributed by atoms with E-state index in [0.717, 1.165) is 36.1 Å². The van der Waals surface area contributed by atoms with E-state index in [9.17, 15) is 10.1 Å². The Balaban J connectivity index is 2.35. The fraction of sp³-hybridized carbons (Fsp3) is 0.694. The molecule has 0 saturated heterocycles. The van der Waals surface area contributed by atoms with E-state index in [1.54, 1.807) is 0 Å². The van der Waals surface area contributed by atoms with E-state index in [0.29, 0.717) is 49.6 Å². The Morgan fingerprint density at radius 2 is 1.80 bits per heavy atom. The van der Waals surface area contributed by atoms with Gasteiger partial charge in [-0.25, -0.2) is 4.79 Å². The van der Waals surface area contributed by atoms with Gasteiger partial charge in [-0.05, 0) is 114 Å². The molecule has 2 aliphatic rings. The molecule has 228 valence electrons. The first-order valence-corrected chi connectivity index (χ1v) is 15.8. The van der Waals surface area contributed by atoms with Crippen molar-refractivity contribution in [3.05, 3.63) is 47.1 Å². The van der Waals surface area contributed by atoms with E-state index >= 15 is 0 Å². The lowest BCUT2D eigenvalue weighted by Crippen LogP contribution is -2.39. The van der Waals surface area contributed by atoms with Gasteiger partial charge in [0.25, 0.3) is 0 Å². The maximum Gasteiger partial charge on any atom is 0.410 e. The molecule has 0 N–H and O–H groups in total. The number of nitrogens with zero attached hydrogens (tertiary/aromatic N) is 3. The first-order valence-electron chi connectivity index (χ1n) is 15.8. The SMILES string of the molecule is C=C(CCN(CC(C)C)C(=O)OC(C)(C)C)C/C(C(=C)C)=C(C(=C/C(C)[C@H]1CCC[C@@H](C#N)C1)\C1CC1)/C(C)=N\C. The summed E-state index contributed by atoms with van der Waals surface area (Å²) in [5.41, 5.74) is 6.46. The number of hydrogen-bond donors (Lipinski definition) is 0. The summed E-state index contributed by atoms with van der Waals surface area (Å²) >= 11 is 0. The van der Waals surface area contributed by atoms with Crippen molar-refractivity contribution in [3.8, 4) is 6.07 Å². The van der Waals surface area contributed by atoms with Gasteiger partial charge in [-0.2, -0.15) is 5.26 Å². The van der Waals surface area contributed by atoms with E-state index < -0.39 is 5.60 Å². The zero-order valence-electron chi connectivity index (χ0n) is 27.6. The van der Waals surface area contributed by atoms with Crippen LogP contribution in [0, 0.1) is 40.9 Å². The van der Waals surface area contributed by atoms with Crippen LogP contribution < -0.4 is 0 Å². The summed E-state index contributed by atoms with van der Waals surface area (Å²) in [6, 6.07) is 2.53. The number of allylic oxidation sites excluding steroid dienone is 5. The first-order chi connectivity index (χ1) is 19.2. The summed E-state index contributed by atoms with van der Waals surface area (Å²) in [5.74, 6) is 2.04. The minimum atomic E-state index is -0.527. The highest BCUT2D eigenvalue weighted by Gasteiger charge is 2.33. The Bertz CT molecular complexity index is 1080. The maximum absolute atomic E-state index is 12.9. The van der Waals surface area contributed by atoms with Crippen molar-refractivity contribution in [2.75, 3.05) is 20.1 Å². The van der Waals surface area contributed by atoms with E-state index in [1.807, 2.05) is 32.7 Å². The molecule has 2 fully saturated rings. The van der Waals surface area contributed by atoms with Crippen LogP contribution in [0.25, 0.3) is 0 Å².